The highest BCUT2D eigenvalue weighted by Gasteiger charge is 2.39. The number of carbonyl (C=O) groups excluding carboxylic acids is 3. The third-order valence-electron chi connectivity index (χ3n) is 8.52. The van der Waals surface area contributed by atoms with E-state index >= 15 is 0 Å². The van der Waals surface area contributed by atoms with E-state index in [0.717, 1.165) is 23.8 Å². The molecule has 2 fully saturated rings. The van der Waals surface area contributed by atoms with E-state index in [2.05, 4.69) is 15.3 Å². The zero-order valence-electron chi connectivity index (χ0n) is 27.7. The number of halogens is 2. The van der Waals surface area contributed by atoms with Crippen molar-refractivity contribution in [3.05, 3.63) is 89.2 Å². The highest BCUT2D eigenvalue weighted by molar-refractivity contribution is 5.94. The first kappa shape index (κ1) is 34.5. The second-order valence-corrected chi connectivity index (χ2v) is 13.1. The van der Waals surface area contributed by atoms with Gasteiger partial charge >= 0.3 is 12.2 Å². The predicted octanol–water partition coefficient (Wildman–Crippen LogP) is 5.52. The number of ether oxygens (including phenoxy) is 2. The Balaban J connectivity index is 1.21. The quantitative estimate of drug-likeness (QED) is 0.335. The number of hydrogen-bond donors (Lipinski definition) is 1. The number of amides is 3. The van der Waals surface area contributed by atoms with E-state index < -0.39 is 35.3 Å². The molecule has 48 heavy (non-hydrogen) atoms. The van der Waals surface area contributed by atoms with Crippen molar-refractivity contribution in [2.24, 2.45) is 0 Å². The summed E-state index contributed by atoms with van der Waals surface area (Å²) in [6, 6.07) is 12.0. The van der Waals surface area contributed by atoms with Crippen LogP contribution in [0.15, 0.2) is 60.9 Å². The summed E-state index contributed by atoms with van der Waals surface area (Å²) < 4.78 is 39.9. The number of likely N-dealkylation sites (tertiary alicyclic amines) is 1. The lowest BCUT2D eigenvalue weighted by atomic mass is 9.94. The molecule has 0 unspecified atom stereocenters. The zero-order chi connectivity index (χ0) is 34.4. The molecule has 256 valence electrons. The van der Waals surface area contributed by atoms with Crippen LogP contribution >= 0.6 is 0 Å². The van der Waals surface area contributed by atoms with E-state index in [1.165, 1.54) is 12.4 Å². The van der Waals surface area contributed by atoms with Crippen LogP contribution in [0, 0.1) is 11.6 Å². The number of alkyl carbamates (subject to hydrolysis) is 1. The van der Waals surface area contributed by atoms with Crippen LogP contribution in [0.5, 0.6) is 0 Å². The molecule has 3 heterocycles. The molecule has 2 aliphatic rings. The first-order valence-corrected chi connectivity index (χ1v) is 16.2. The number of nitrogens with one attached hydrogen (secondary N) is 1. The number of carbonyl (C=O) groups is 3. The Morgan fingerprint density at radius 3 is 2.33 bits per heavy atom. The van der Waals surface area contributed by atoms with Gasteiger partial charge in [-0.2, -0.15) is 0 Å². The smallest absolute Gasteiger partial charge is 0.410 e. The van der Waals surface area contributed by atoms with Gasteiger partial charge in [-0.25, -0.2) is 28.3 Å². The molecule has 0 radical (unpaired) electrons. The summed E-state index contributed by atoms with van der Waals surface area (Å²) in [5.74, 6) is -1.73. The van der Waals surface area contributed by atoms with Gasteiger partial charge in [-0.15, -0.1) is 0 Å². The van der Waals surface area contributed by atoms with E-state index in [1.807, 2.05) is 37.3 Å². The molecule has 3 aromatic rings. The fraction of sp³-hybridized carbons (Fsp3) is 0.457. The second kappa shape index (κ2) is 15.0. The normalized spacial score (nSPS) is 18.4. The molecule has 2 saturated heterocycles. The molecule has 0 aliphatic carbocycles. The number of piperidine rings is 1. The van der Waals surface area contributed by atoms with Crippen molar-refractivity contribution >= 4 is 24.0 Å². The molecule has 3 amide bonds. The molecule has 2 atom stereocenters. The molecule has 11 nitrogen and oxygen atoms in total. The van der Waals surface area contributed by atoms with Crippen molar-refractivity contribution in [1.29, 1.82) is 0 Å². The van der Waals surface area contributed by atoms with Crippen LogP contribution in [-0.4, -0.2) is 88.3 Å². The van der Waals surface area contributed by atoms with Gasteiger partial charge in [0.05, 0.1) is 11.6 Å². The van der Waals surface area contributed by atoms with Gasteiger partial charge in [0.1, 0.15) is 23.8 Å². The standard InChI is InChI=1S/C35H42F2N6O5/c1-5-43(26-13-15-41(16-14-26)34(46)47-22-23-9-7-6-8-10-23)31(44)24-18-38-32(39-19-24)42-20-28(27-17-25(36)11-12-29(27)37)30(21-42)40-33(45)48-35(2,3)4/h6-12,17-19,26,28,30H,5,13-16,20-22H2,1-4H3,(H,40,45)/t28-,30+/m1/s1. The number of anilines is 1. The fourth-order valence-corrected chi connectivity index (χ4v) is 6.19. The van der Waals surface area contributed by atoms with E-state index in [0.29, 0.717) is 38.0 Å². The van der Waals surface area contributed by atoms with Crippen LogP contribution in [-0.2, 0) is 16.1 Å². The third kappa shape index (κ3) is 8.55. The maximum absolute atomic E-state index is 14.9. The lowest BCUT2D eigenvalue weighted by Crippen LogP contribution is -2.48. The number of hydrogen-bond acceptors (Lipinski definition) is 8. The Kier molecular flexibility index (Phi) is 10.8. The third-order valence-corrected chi connectivity index (χ3v) is 8.52. The second-order valence-electron chi connectivity index (χ2n) is 13.1. The molecule has 13 heteroatoms. The van der Waals surface area contributed by atoms with Gasteiger partial charge in [0.15, 0.2) is 0 Å². The van der Waals surface area contributed by atoms with Crippen molar-refractivity contribution < 1.29 is 32.6 Å². The summed E-state index contributed by atoms with van der Waals surface area (Å²) >= 11 is 0. The van der Waals surface area contributed by atoms with Crippen molar-refractivity contribution in [3.63, 3.8) is 0 Å². The zero-order valence-corrected chi connectivity index (χ0v) is 27.7. The summed E-state index contributed by atoms with van der Waals surface area (Å²) in [6.45, 7) is 9.13. The summed E-state index contributed by atoms with van der Waals surface area (Å²) in [6.07, 6.45) is 3.08. The van der Waals surface area contributed by atoms with Crippen molar-refractivity contribution in [1.82, 2.24) is 25.1 Å². The predicted molar refractivity (Wildman–Crippen MR) is 174 cm³/mol. The molecule has 0 bridgehead atoms. The maximum Gasteiger partial charge on any atom is 0.410 e. The van der Waals surface area contributed by atoms with E-state index in [9.17, 15) is 23.2 Å². The van der Waals surface area contributed by atoms with Crippen LogP contribution in [0.2, 0.25) is 0 Å². The number of rotatable bonds is 8. The molecule has 2 aliphatic heterocycles. The highest BCUT2D eigenvalue weighted by Crippen LogP contribution is 2.32. The number of aromatic nitrogens is 2. The van der Waals surface area contributed by atoms with Gasteiger partial charge in [0.2, 0.25) is 5.95 Å². The Hall–Kier alpha value is -4.81. The Morgan fingerprint density at radius 2 is 1.69 bits per heavy atom. The van der Waals surface area contributed by atoms with Gasteiger partial charge in [-0.05, 0) is 69.9 Å². The molecule has 2 aromatic carbocycles. The van der Waals surface area contributed by atoms with E-state index in [1.54, 1.807) is 35.5 Å². The maximum atomic E-state index is 14.9. The van der Waals surface area contributed by atoms with Gasteiger partial charge in [0.25, 0.3) is 5.91 Å². The average Bonchev–Trinajstić information content (AvgIpc) is 3.48. The first-order valence-electron chi connectivity index (χ1n) is 16.2. The lowest BCUT2D eigenvalue weighted by molar-refractivity contribution is 0.0499. The summed E-state index contributed by atoms with van der Waals surface area (Å²) in [7, 11) is 0. The minimum absolute atomic E-state index is 0.0689. The molecular weight excluding hydrogens is 622 g/mol. The van der Waals surface area contributed by atoms with Crippen LogP contribution in [0.3, 0.4) is 0 Å². The summed E-state index contributed by atoms with van der Waals surface area (Å²) in [5.41, 5.74) is 0.602. The van der Waals surface area contributed by atoms with Gasteiger partial charge < -0.3 is 29.5 Å². The monoisotopic (exact) mass is 664 g/mol. The van der Waals surface area contributed by atoms with Gasteiger partial charge in [-0.1, -0.05) is 30.3 Å². The Morgan fingerprint density at radius 1 is 1.00 bits per heavy atom. The van der Waals surface area contributed by atoms with Crippen molar-refractivity contribution in [2.45, 2.75) is 70.7 Å². The largest absolute Gasteiger partial charge is 0.445 e. The molecular formula is C35H42F2N6O5. The summed E-state index contributed by atoms with van der Waals surface area (Å²) in [4.78, 5) is 52.9. The number of nitrogens with zero attached hydrogens (tertiary/aromatic N) is 5. The number of benzene rings is 2. The molecule has 1 aromatic heterocycles. The SMILES string of the molecule is CCN(C(=O)c1cnc(N2C[C@H](NC(=O)OC(C)(C)C)[C@@H](c3cc(F)ccc3F)C2)nc1)C1CCN(C(=O)OCc2ccccc2)CC1. The topological polar surface area (TPSA) is 117 Å². The molecule has 5 rings (SSSR count). The molecule has 1 N–H and O–H groups in total. The highest BCUT2D eigenvalue weighted by atomic mass is 19.1. The Bertz CT molecular complexity index is 1580. The van der Waals surface area contributed by atoms with E-state index in [4.69, 9.17) is 9.47 Å². The summed E-state index contributed by atoms with van der Waals surface area (Å²) in [5, 5.41) is 2.80. The molecule has 0 saturated carbocycles. The average molecular weight is 665 g/mol. The van der Waals surface area contributed by atoms with Crippen molar-refractivity contribution in [3.8, 4) is 0 Å². The van der Waals surface area contributed by atoms with E-state index in [-0.39, 0.29) is 49.3 Å². The lowest BCUT2D eigenvalue weighted by Gasteiger charge is -2.37. The first-order chi connectivity index (χ1) is 22.9. The Labute approximate surface area is 279 Å². The van der Waals surface area contributed by atoms with Crippen LogP contribution in [0.4, 0.5) is 24.3 Å². The van der Waals surface area contributed by atoms with Crippen molar-refractivity contribution in [2.75, 3.05) is 37.6 Å². The molecule has 0 spiro atoms. The van der Waals surface area contributed by atoms with Crippen LogP contribution < -0.4 is 10.2 Å². The van der Waals surface area contributed by atoms with Crippen LogP contribution in [0.1, 0.15) is 67.9 Å². The minimum atomic E-state index is -0.745. The van der Waals surface area contributed by atoms with Gasteiger partial charge in [-0.3, -0.25) is 4.79 Å². The minimum Gasteiger partial charge on any atom is -0.445 e. The van der Waals surface area contributed by atoms with Crippen LogP contribution in [0.25, 0.3) is 0 Å². The van der Waals surface area contributed by atoms with Gasteiger partial charge in [0, 0.05) is 57.1 Å². The fourth-order valence-electron chi connectivity index (χ4n) is 6.19.